The molecular formula is C26H28F3N7O2. The Bertz CT molecular complexity index is 1340. The van der Waals surface area contributed by atoms with Crippen molar-refractivity contribution in [3.05, 3.63) is 83.2 Å². The number of rotatable bonds is 7. The minimum absolute atomic E-state index is 0.0198. The van der Waals surface area contributed by atoms with E-state index in [4.69, 9.17) is 21.0 Å². The van der Waals surface area contributed by atoms with E-state index in [0.717, 1.165) is 0 Å². The van der Waals surface area contributed by atoms with Crippen LogP contribution in [0.5, 0.6) is 5.88 Å². The van der Waals surface area contributed by atoms with E-state index >= 15 is 0 Å². The van der Waals surface area contributed by atoms with Crippen LogP contribution >= 0.6 is 0 Å². The number of benzene rings is 1. The Morgan fingerprint density at radius 3 is 2.21 bits per heavy atom. The lowest BCUT2D eigenvalue weighted by Crippen LogP contribution is -2.08. The highest BCUT2D eigenvalue weighted by Crippen LogP contribution is 2.39. The Morgan fingerprint density at radius 1 is 0.921 bits per heavy atom. The number of carbonyl (C=O) groups excluding carboxylic acids is 1. The van der Waals surface area contributed by atoms with Crippen molar-refractivity contribution in [2.24, 2.45) is 11.5 Å². The molecule has 0 bridgehead atoms. The largest absolute Gasteiger partial charge is 0.471 e. The Hall–Kier alpha value is -4.42. The standard InChI is InChI=1S/C24H21F3N6O.CH5N.CH2O/c1-13-9-15(10-19(30-13)22(26)27)20-21(14-5-7-16(25)8-6-14)32-24(29)33-23(20)34-12-18-4-2-3-17(11-28)31-18;2*1-2/h2-10,22H,11-12,28H2,1H3,(H2,29,32,33);2H2,1H3;1H2. The zero-order valence-electron chi connectivity index (χ0n) is 20.9. The van der Waals surface area contributed by atoms with Crippen LogP contribution in [-0.2, 0) is 17.9 Å². The molecule has 0 aliphatic carbocycles. The van der Waals surface area contributed by atoms with Crippen molar-refractivity contribution in [3.63, 3.8) is 0 Å². The van der Waals surface area contributed by atoms with Gasteiger partial charge in [0.05, 0.1) is 22.6 Å². The van der Waals surface area contributed by atoms with Crippen molar-refractivity contribution in [3.8, 4) is 28.3 Å². The molecule has 0 aliphatic heterocycles. The van der Waals surface area contributed by atoms with Crippen molar-refractivity contribution in [2.45, 2.75) is 26.5 Å². The first-order valence-corrected chi connectivity index (χ1v) is 11.2. The highest BCUT2D eigenvalue weighted by molar-refractivity contribution is 5.85. The summed E-state index contributed by atoms with van der Waals surface area (Å²) in [6.45, 7) is 3.89. The summed E-state index contributed by atoms with van der Waals surface area (Å²) in [6.07, 6.45) is -2.78. The van der Waals surface area contributed by atoms with Gasteiger partial charge in [-0.3, -0.25) is 9.97 Å². The number of aromatic nitrogens is 4. The average molecular weight is 528 g/mol. The van der Waals surface area contributed by atoms with Crippen molar-refractivity contribution in [1.29, 1.82) is 0 Å². The molecule has 0 unspecified atom stereocenters. The van der Waals surface area contributed by atoms with Gasteiger partial charge in [0, 0.05) is 17.8 Å². The van der Waals surface area contributed by atoms with Gasteiger partial charge >= 0.3 is 0 Å². The second-order valence-corrected chi connectivity index (χ2v) is 7.45. The van der Waals surface area contributed by atoms with Gasteiger partial charge in [-0.15, -0.1) is 0 Å². The number of ether oxygens (including phenoxy) is 1. The number of halogens is 3. The third kappa shape index (κ3) is 7.54. The van der Waals surface area contributed by atoms with Crippen LogP contribution in [0.4, 0.5) is 19.1 Å². The van der Waals surface area contributed by atoms with E-state index in [9.17, 15) is 13.2 Å². The molecule has 0 saturated carbocycles. The number of alkyl halides is 2. The van der Waals surface area contributed by atoms with Gasteiger partial charge in [0.15, 0.2) is 0 Å². The molecule has 0 aliphatic rings. The molecule has 9 nitrogen and oxygen atoms in total. The molecule has 3 heterocycles. The molecule has 4 aromatic rings. The maximum atomic E-state index is 13.6. The molecule has 4 rings (SSSR count). The highest BCUT2D eigenvalue weighted by Gasteiger charge is 2.21. The molecule has 6 N–H and O–H groups in total. The molecule has 0 amide bonds. The normalized spacial score (nSPS) is 10.2. The van der Waals surface area contributed by atoms with Gasteiger partial charge in [-0.25, -0.2) is 18.2 Å². The minimum atomic E-state index is -2.78. The molecule has 0 saturated heterocycles. The predicted octanol–water partition coefficient (Wildman–Crippen LogP) is 4.00. The first-order chi connectivity index (χ1) is 18.3. The zero-order chi connectivity index (χ0) is 28.2. The fourth-order valence-corrected chi connectivity index (χ4v) is 3.45. The SMILES string of the molecule is C=O.CN.Cc1cc(-c2c(OCc3cccc(CN)n3)nc(N)nc2-c2ccc(F)cc2)cc(C(F)F)n1. The summed E-state index contributed by atoms with van der Waals surface area (Å²) >= 11 is 0. The monoisotopic (exact) mass is 527 g/mol. The van der Waals surface area contributed by atoms with E-state index in [0.29, 0.717) is 39.5 Å². The Kier molecular flexibility index (Phi) is 11.3. The maximum Gasteiger partial charge on any atom is 0.280 e. The minimum Gasteiger partial charge on any atom is -0.471 e. The average Bonchev–Trinajstić information content (AvgIpc) is 2.94. The fraction of sp³-hybridized carbons (Fsp3) is 0.192. The summed E-state index contributed by atoms with van der Waals surface area (Å²) in [6, 6.07) is 13.8. The van der Waals surface area contributed by atoms with Crippen LogP contribution in [0.15, 0.2) is 54.6 Å². The maximum absolute atomic E-state index is 13.6. The molecule has 0 atom stereocenters. The lowest BCUT2D eigenvalue weighted by molar-refractivity contribution is -0.0980. The van der Waals surface area contributed by atoms with Crippen LogP contribution in [0.2, 0.25) is 0 Å². The van der Waals surface area contributed by atoms with Gasteiger partial charge in [-0.2, -0.15) is 4.98 Å². The number of hydrogen-bond acceptors (Lipinski definition) is 9. The quantitative estimate of drug-likeness (QED) is 0.323. The van der Waals surface area contributed by atoms with Gasteiger partial charge in [-0.1, -0.05) is 6.07 Å². The fourth-order valence-electron chi connectivity index (χ4n) is 3.45. The molecule has 0 spiro atoms. The Morgan fingerprint density at radius 2 is 1.58 bits per heavy atom. The van der Waals surface area contributed by atoms with Crippen LogP contribution in [0.3, 0.4) is 0 Å². The molecule has 0 fully saturated rings. The number of pyridine rings is 2. The molecule has 3 aromatic heterocycles. The molecular weight excluding hydrogens is 499 g/mol. The number of anilines is 1. The summed E-state index contributed by atoms with van der Waals surface area (Å²) in [7, 11) is 1.50. The van der Waals surface area contributed by atoms with Crippen molar-refractivity contribution in [2.75, 3.05) is 12.8 Å². The van der Waals surface area contributed by atoms with E-state index in [1.807, 2.05) is 6.79 Å². The third-order valence-electron chi connectivity index (χ3n) is 4.93. The first-order valence-electron chi connectivity index (χ1n) is 11.2. The summed E-state index contributed by atoms with van der Waals surface area (Å²) < 4.78 is 46.5. The van der Waals surface area contributed by atoms with Crippen LogP contribution in [0, 0.1) is 12.7 Å². The topological polar surface area (TPSA) is 156 Å². The summed E-state index contributed by atoms with van der Waals surface area (Å²) in [4.78, 5) is 24.8. The summed E-state index contributed by atoms with van der Waals surface area (Å²) in [5.74, 6) is -0.464. The number of aryl methyl sites for hydroxylation is 1. The van der Waals surface area contributed by atoms with Gasteiger partial charge < -0.3 is 26.7 Å². The van der Waals surface area contributed by atoms with Gasteiger partial charge in [-0.05, 0) is 68.1 Å². The predicted molar refractivity (Wildman–Crippen MR) is 138 cm³/mol. The first kappa shape index (κ1) is 29.8. The van der Waals surface area contributed by atoms with Crippen molar-refractivity contribution < 1.29 is 22.7 Å². The highest BCUT2D eigenvalue weighted by atomic mass is 19.3. The second kappa shape index (κ2) is 14.4. The van der Waals surface area contributed by atoms with Gasteiger partial charge in [0.2, 0.25) is 11.8 Å². The van der Waals surface area contributed by atoms with Gasteiger partial charge in [0.25, 0.3) is 6.43 Å². The van der Waals surface area contributed by atoms with E-state index < -0.39 is 17.9 Å². The number of carbonyl (C=O) groups is 1. The van der Waals surface area contributed by atoms with Crippen LogP contribution in [0.1, 0.15) is 29.2 Å². The molecule has 0 radical (unpaired) electrons. The number of hydrogen-bond donors (Lipinski definition) is 3. The molecule has 200 valence electrons. The number of nitrogens with zero attached hydrogens (tertiary/aromatic N) is 4. The Balaban J connectivity index is 0.00000121. The molecule has 38 heavy (non-hydrogen) atoms. The van der Waals surface area contributed by atoms with Crippen LogP contribution in [-0.4, -0.2) is 33.8 Å². The van der Waals surface area contributed by atoms with Crippen LogP contribution < -0.4 is 21.9 Å². The summed E-state index contributed by atoms with van der Waals surface area (Å²) in [5, 5.41) is 0. The smallest absolute Gasteiger partial charge is 0.280 e. The zero-order valence-corrected chi connectivity index (χ0v) is 20.9. The van der Waals surface area contributed by atoms with Crippen molar-refractivity contribution in [1.82, 2.24) is 19.9 Å². The summed E-state index contributed by atoms with van der Waals surface area (Å²) in [5.41, 5.74) is 18.9. The second-order valence-electron chi connectivity index (χ2n) is 7.45. The molecule has 12 heteroatoms. The third-order valence-corrected chi connectivity index (χ3v) is 4.93. The lowest BCUT2D eigenvalue weighted by Gasteiger charge is -2.16. The van der Waals surface area contributed by atoms with E-state index in [-0.39, 0.29) is 25.0 Å². The van der Waals surface area contributed by atoms with Gasteiger partial charge in [0.1, 0.15) is 24.9 Å². The van der Waals surface area contributed by atoms with E-state index in [2.05, 4.69) is 25.7 Å². The van der Waals surface area contributed by atoms with Crippen LogP contribution in [0.25, 0.3) is 22.4 Å². The Labute approximate surface area is 217 Å². The lowest BCUT2D eigenvalue weighted by atomic mass is 9.99. The van der Waals surface area contributed by atoms with E-state index in [1.54, 1.807) is 31.2 Å². The van der Waals surface area contributed by atoms with E-state index in [1.165, 1.54) is 37.4 Å². The van der Waals surface area contributed by atoms with Crippen molar-refractivity contribution >= 4 is 12.7 Å². The molecule has 1 aromatic carbocycles. The number of nitrogens with two attached hydrogens (primary N) is 3. The number of nitrogen functional groups attached to an aromatic ring is 1.